The quantitative estimate of drug-likeness (QED) is 0.229. The van der Waals surface area contributed by atoms with Crippen molar-refractivity contribution >= 4 is 23.4 Å². The third kappa shape index (κ3) is 4.48. The Morgan fingerprint density at radius 2 is 1.88 bits per heavy atom. The molecule has 1 aromatic heterocycles. The Morgan fingerprint density at radius 3 is 2.54 bits per heavy atom. The number of furan rings is 1. The van der Waals surface area contributed by atoms with Crippen LogP contribution in [0.15, 0.2) is 40.8 Å². The van der Waals surface area contributed by atoms with Gasteiger partial charge in [0.05, 0.1) is 0 Å². The fourth-order valence-corrected chi connectivity index (χ4v) is 2.00. The Bertz CT molecular complexity index is 785. The average molecular weight is 345 g/mol. The highest BCUT2D eigenvalue weighted by molar-refractivity contribution is 6.30. The molecule has 0 bridgehead atoms. The predicted molar refractivity (Wildman–Crippen MR) is 91.3 cm³/mol. The number of rotatable bonds is 4. The Labute approximate surface area is 145 Å². The van der Waals surface area contributed by atoms with Crippen LogP contribution in [0.3, 0.4) is 0 Å². The van der Waals surface area contributed by atoms with Crippen LogP contribution < -0.4 is 5.84 Å². The van der Waals surface area contributed by atoms with Crippen molar-refractivity contribution in [2.75, 3.05) is 0 Å². The van der Waals surface area contributed by atoms with Crippen molar-refractivity contribution < 1.29 is 14.0 Å². The molecule has 0 atom stereocenters. The van der Waals surface area contributed by atoms with Crippen LogP contribution >= 0.6 is 11.6 Å². The molecule has 1 aromatic carbocycles. The molecule has 24 heavy (non-hydrogen) atoms. The van der Waals surface area contributed by atoms with Crippen LogP contribution in [-0.4, -0.2) is 16.8 Å². The Morgan fingerprint density at radius 1 is 1.17 bits per heavy atom. The Balaban J connectivity index is 2.07. The minimum Gasteiger partial charge on any atom is -0.443 e. The topological polar surface area (TPSA) is 76.5 Å². The van der Waals surface area contributed by atoms with E-state index in [1.165, 1.54) is 18.2 Å². The van der Waals surface area contributed by atoms with Gasteiger partial charge in [-0.25, -0.2) is 10.9 Å². The number of unbranched alkanes of at least 4 members (excludes halogenated alkanes) is 2. The van der Waals surface area contributed by atoms with E-state index < -0.39 is 11.8 Å². The number of nitrogens with zero attached hydrogens (tertiary/aromatic N) is 1. The van der Waals surface area contributed by atoms with Gasteiger partial charge in [0.25, 0.3) is 5.91 Å². The summed E-state index contributed by atoms with van der Waals surface area (Å²) in [6.45, 7) is 2.08. The lowest BCUT2D eigenvalue weighted by Gasteiger charge is -2.13. The van der Waals surface area contributed by atoms with Crippen LogP contribution in [0.4, 0.5) is 0 Å². The number of hydrogen-bond acceptors (Lipinski definition) is 4. The summed E-state index contributed by atoms with van der Waals surface area (Å²) in [6.07, 6.45) is 2.83. The molecule has 6 heteroatoms. The van der Waals surface area contributed by atoms with Crippen LogP contribution in [-0.2, 0) is 0 Å². The van der Waals surface area contributed by atoms with Crippen molar-refractivity contribution in [2.45, 2.75) is 26.2 Å². The highest BCUT2D eigenvalue weighted by Gasteiger charge is 2.23. The molecular formula is C18H17ClN2O3. The van der Waals surface area contributed by atoms with Gasteiger partial charge in [0.1, 0.15) is 0 Å². The van der Waals surface area contributed by atoms with E-state index in [0.717, 1.165) is 19.3 Å². The van der Waals surface area contributed by atoms with E-state index in [-0.39, 0.29) is 11.3 Å². The van der Waals surface area contributed by atoms with Gasteiger partial charge in [-0.1, -0.05) is 30.9 Å². The molecule has 0 unspecified atom stereocenters. The second-order valence-corrected chi connectivity index (χ2v) is 5.49. The molecule has 0 radical (unpaired) electrons. The fourth-order valence-electron chi connectivity index (χ4n) is 1.88. The summed E-state index contributed by atoms with van der Waals surface area (Å²) in [4.78, 5) is 24.4. The maximum atomic E-state index is 12.2. The van der Waals surface area contributed by atoms with E-state index in [2.05, 4.69) is 18.8 Å². The molecule has 0 saturated heterocycles. The van der Waals surface area contributed by atoms with Crippen molar-refractivity contribution in [3.8, 4) is 11.8 Å². The van der Waals surface area contributed by atoms with Crippen LogP contribution in [0.25, 0.3) is 0 Å². The maximum absolute atomic E-state index is 12.2. The number of carbonyl (C=O) groups excluding carboxylic acids is 2. The zero-order valence-corrected chi connectivity index (χ0v) is 14.0. The smallest absolute Gasteiger partial charge is 0.310 e. The van der Waals surface area contributed by atoms with Gasteiger partial charge in [0.15, 0.2) is 11.5 Å². The van der Waals surface area contributed by atoms with Crippen LogP contribution in [0, 0.1) is 11.8 Å². The zero-order valence-electron chi connectivity index (χ0n) is 13.2. The van der Waals surface area contributed by atoms with Crippen molar-refractivity contribution in [3.05, 3.63) is 58.5 Å². The largest absolute Gasteiger partial charge is 0.443 e. The van der Waals surface area contributed by atoms with Gasteiger partial charge in [0.2, 0.25) is 0 Å². The molecule has 0 aliphatic carbocycles. The van der Waals surface area contributed by atoms with Gasteiger partial charge in [-0.15, -0.1) is 0 Å². The molecule has 0 aliphatic rings. The van der Waals surface area contributed by atoms with Crippen LogP contribution in [0.5, 0.6) is 0 Å². The highest BCUT2D eigenvalue weighted by Crippen LogP contribution is 2.13. The molecule has 124 valence electrons. The molecule has 5 nitrogen and oxygen atoms in total. The first-order chi connectivity index (χ1) is 11.5. The lowest BCUT2D eigenvalue weighted by atomic mass is 10.2. The Hall–Kier alpha value is -2.55. The minimum absolute atomic E-state index is 0.0420. The predicted octanol–water partition coefficient (Wildman–Crippen LogP) is 3.63. The third-order valence-electron chi connectivity index (χ3n) is 3.21. The van der Waals surface area contributed by atoms with Gasteiger partial charge in [-0.2, -0.15) is 0 Å². The van der Waals surface area contributed by atoms with Gasteiger partial charge >= 0.3 is 5.91 Å². The van der Waals surface area contributed by atoms with E-state index in [4.69, 9.17) is 21.9 Å². The number of imide groups is 1. The summed E-state index contributed by atoms with van der Waals surface area (Å²) >= 11 is 5.77. The van der Waals surface area contributed by atoms with Crippen molar-refractivity contribution in [2.24, 2.45) is 5.84 Å². The lowest BCUT2D eigenvalue weighted by Crippen LogP contribution is -2.42. The molecule has 0 saturated carbocycles. The first kappa shape index (κ1) is 17.8. The molecule has 2 N–H and O–H groups in total. The van der Waals surface area contributed by atoms with Crippen molar-refractivity contribution in [1.82, 2.24) is 5.01 Å². The van der Waals surface area contributed by atoms with E-state index in [9.17, 15) is 9.59 Å². The normalized spacial score (nSPS) is 9.96. The second-order valence-electron chi connectivity index (χ2n) is 5.06. The SMILES string of the molecule is CCCCC#Cc1ccc(C(=O)N(N)C(=O)c2ccc(Cl)cc2)o1. The summed E-state index contributed by atoms with van der Waals surface area (Å²) in [5.74, 6) is 10.3. The molecule has 0 spiro atoms. The van der Waals surface area contributed by atoms with Gasteiger partial charge in [0, 0.05) is 17.0 Å². The van der Waals surface area contributed by atoms with Gasteiger partial charge in [-0.3, -0.25) is 9.59 Å². The third-order valence-corrected chi connectivity index (χ3v) is 3.46. The summed E-state index contributed by atoms with van der Waals surface area (Å²) < 4.78 is 5.33. The molecule has 1 heterocycles. The lowest BCUT2D eigenvalue weighted by molar-refractivity contribution is 0.0595. The molecule has 2 aromatic rings. The number of hydrogen-bond donors (Lipinski definition) is 1. The minimum atomic E-state index is -0.739. The molecular weight excluding hydrogens is 328 g/mol. The van der Waals surface area contributed by atoms with E-state index in [1.807, 2.05) is 0 Å². The fraction of sp³-hybridized carbons (Fsp3) is 0.222. The van der Waals surface area contributed by atoms with Crippen LogP contribution in [0.1, 0.15) is 52.9 Å². The second kappa shape index (κ2) is 8.34. The zero-order chi connectivity index (χ0) is 17.5. The van der Waals surface area contributed by atoms with E-state index in [0.29, 0.717) is 15.8 Å². The molecule has 0 aliphatic heterocycles. The van der Waals surface area contributed by atoms with E-state index in [1.54, 1.807) is 18.2 Å². The van der Waals surface area contributed by atoms with Crippen molar-refractivity contribution in [3.63, 3.8) is 0 Å². The van der Waals surface area contributed by atoms with Gasteiger partial charge in [-0.05, 0) is 48.7 Å². The molecule has 0 fully saturated rings. The highest BCUT2D eigenvalue weighted by atomic mass is 35.5. The van der Waals surface area contributed by atoms with Crippen molar-refractivity contribution in [1.29, 1.82) is 0 Å². The van der Waals surface area contributed by atoms with Crippen LogP contribution in [0.2, 0.25) is 5.02 Å². The number of amides is 2. The molecule has 2 rings (SSSR count). The summed E-state index contributed by atoms with van der Waals surface area (Å²) in [7, 11) is 0. The van der Waals surface area contributed by atoms with Gasteiger partial charge < -0.3 is 4.42 Å². The summed E-state index contributed by atoms with van der Waals surface area (Å²) in [5, 5.41) is 0.995. The Kier molecular flexibility index (Phi) is 6.19. The standard InChI is InChI=1S/C18H17ClN2O3/c1-2-3-4-5-6-15-11-12-16(24-15)18(23)21(20)17(22)13-7-9-14(19)10-8-13/h7-12H,2-4,20H2,1H3. The number of halogens is 1. The monoisotopic (exact) mass is 344 g/mol. The summed E-state index contributed by atoms with van der Waals surface area (Å²) in [6, 6.07) is 9.09. The summed E-state index contributed by atoms with van der Waals surface area (Å²) in [5.41, 5.74) is 0.251. The number of benzene rings is 1. The first-order valence-electron chi connectivity index (χ1n) is 7.50. The number of nitrogens with two attached hydrogens (primary N) is 1. The maximum Gasteiger partial charge on any atom is 0.310 e. The van der Waals surface area contributed by atoms with E-state index >= 15 is 0 Å². The first-order valence-corrected chi connectivity index (χ1v) is 7.88. The number of carbonyl (C=O) groups is 2. The molecule has 2 amide bonds. The number of hydrazine groups is 1. The average Bonchev–Trinajstić information content (AvgIpc) is 3.06.